The molecule has 0 bridgehead atoms. The topological polar surface area (TPSA) is 88.2 Å². The highest BCUT2D eigenvalue weighted by Crippen LogP contribution is 2.23. The number of anilines is 1. The van der Waals surface area contributed by atoms with Gasteiger partial charge in [-0.25, -0.2) is 4.98 Å². The maximum absolute atomic E-state index is 11.5. The predicted octanol–water partition coefficient (Wildman–Crippen LogP) is 1.26. The van der Waals surface area contributed by atoms with E-state index in [0.717, 1.165) is 11.8 Å². The molecule has 1 fully saturated rings. The Morgan fingerprint density at radius 2 is 2.29 bits per heavy atom. The van der Waals surface area contributed by atoms with Gasteiger partial charge in [0.2, 0.25) is 0 Å². The van der Waals surface area contributed by atoms with Crippen LogP contribution in [0.5, 0.6) is 0 Å². The van der Waals surface area contributed by atoms with E-state index in [0.29, 0.717) is 16.9 Å². The summed E-state index contributed by atoms with van der Waals surface area (Å²) in [5, 5.41) is 6.36. The van der Waals surface area contributed by atoms with Crippen LogP contribution in [0.3, 0.4) is 0 Å². The molecule has 17 heavy (non-hydrogen) atoms. The van der Waals surface area contributed by atoms with Crippen molar-refractivity contribution in [2.45, 2.75) is 6.92 Å². The standard InChI is InChI=1S/C9H7N3O3S2/c1-4-3-16-8(10-4)11-6(13)2-5-7(14)12-9(15)17-5/h2-3H,1H3,(H,10,11,13)(H,12,14,15)/b5-2-. The van der Waals surface area contributed by atoms with Crippen LogP contribution in [0.25, 0.3) is 0 Å². The van der Waals surface area contributed by atoms with Gasteiger partial charge in [-0.2, -0.15) is 0 Å². The van der Waals surface area contributed by atoms with Gasteiger partial charge in [0.1, 0.15) is 0 Å². The monoisotopic (exact) mass is 269 g/mol. The number of carbonyl (C=O) groups is 3. The zero-order valence-corrected chi connectivity index (χ0v) is 10.3. The molecular formula is C9H7N3O3S2. The van der Waals surface area contributed by atoms with Crippen molar-refractivity contribution in [3.05, 3.63) is 22.1 Å². The zero-order valence-electron chi connectivity index (χ0n) is 8.64. The van der Waals surface area contributed by atoms with Crippen molar-refractivity contribution in [1.29, 1.82) is 0 Å². The first-order chi connectivity index (χ1) is 8.04. The van der Waals surface area contributed by atoms with Crippen LogP contribution in [0.1, 0.15) is 5.69 Å². The molecule has 2 rings (SSSR count). The van der Waals surface area contributed by atoms with Gasteiger partial charge in [0.25, 0.3) is 17.1 Å². The lowest BCUT2D eigenvalue weighted by Gasteiger charge is -1.95. The van der Waals surface area contributed by atoms with Gasteiger partial charge in [-0.3, -0.25) is 25.0 Å². The molecule has 2 N–H and O–H groups in total. The number of aryl methyl sites for hydroxylation is 1. The first-order valence-corrected chi connectivity index (χ1v) is 6.22. The average molecular weight is 269 g/mol. The number of hydrogen-bond donors (Lipinski definition) is 2. The molecule has 0 aliphatic carbocycles. The molecule has 0 saturated carbocycles. The van der Waals surface area contributed by atoms with E-state index < -0.39 is 17.1 Å². The summed E-state index contributed by atoms with van der Waals surface area (Å²) in [5.41, 5.74) is 0.807. The third-order valence-corrected chi connectivity index (χ3v) is 3.44. The molecule has 1 saturated heterocycles. The van der Waals surface area contributed by atoms with Crippen LogP contribution >= 0.6 is 23.1 Å². The summed E-state index contributed by atoms with van der Waals surface area (Å²) in [7, 11) is 0. The molecule has 0 radical (unpaired) electrons. The van der Waals surface area contributed by atoms with Crippen LogP contribution in [-0.2, 0) is 9.59 Å². The van der Waals surface area contributed by atoms with Gasteiger partial charge in [-0.05, 0) is 18.7 Å². The Balaban J connectivity index is 2.04. The van der Waals surface area contributed by atoms with E-state index in [9.17, 15) is 14.4 Å². The van der Waals surface area contributed by atoms with Gasteiger partial charge in [0.05, 0.1) is 10.6 Å². The maximum atomic E-state index is 11.5. The Morgan fingerprint density at radius 1 is 1.53 bits per heavy atom. The van der Waals surface area contributed by atoms with Crippen molar-refractivity contribution in [1.82, 2.24) is 10.3 Å². The van der Waals surface area contributed by atoms with Crippen LogP contribution < -0.4 is 10.6 Å². The van der Waals surface area contributed by atoms with Gasteiger partial charge >= 0.3 is 0 Å². The summed E-state index contributed by atoms with van der Waals surface area (Å²) in [6, 6.07) is 0. The first kappa shape index (κ1) is 11.8. The summed E-state index contributed by atoms with van der Waals surface area (Å²) in [6.45, 7) is 1.81. The Hall–Kier alpha value is -1.67. The molecule has 0 unspecified atom stereocenters. The van der Waals surface area contributed by atoms with Gasteiger partial charge in [0, 0.05) is 11.5 Å². The second-order valence-electron chi connectivity index (χ2n) is 3.14. The molecule has 8 heteroatoms. The minimum absolute atomic E-state index is 0.0841. The number of amides is 3. The van der Waals surface area contributed by atoms with Crippen molar-refractivity contribution in [2.24, 2.45) is 0 Å². The number of hydrogen-bond acceptors (Lipinski definition) is 6. The van der Waals surface area contributed by atoms with Gasteiger partial charge in [-0.1, -0.05) is 0 Å². The molecule has 1 aliphatic heterocycles. The molecule has 2 heterocycles. The molecular weight excluding hydrogens is 262 g/mol. The van der Waals surface area contributed by atoms with Gasteiger partial charge in [-0.15, -0.1) is 11.3 Å². The number of nitrogens with zero attached hydrogens (tertiary/aromatic N) is 1. The molecule has 1 aromatic heterocycles. The summed E-state index contributed by atoms with van der Waals surface area (Å²) >= 11 is 1.99. The van der Waals surface area contributed by atoms with E-state index in [2.05, 4.69) is 15.6 Å². The normalized spacial score (nSPS) is 17.4. The lowest BCUT2D eigenvalue weighted by molar-refractivity contribution is -0.116. The highest BCUT2D eigenvalue weighted by molar-refractivity contribution is 8.18. The van der Waals surface area contributed by atoms with E-state index >= 15 is 0 Å². The minimum Gasteiger partial charge on any atom is -0.298 e. The number of imide groups is 1. The highest BCUT2D eigenvalue weighted by atomic mass is 32.2. The van der Waals surface area contributed by atoms with Crippen molar-refractivity contribution in [2.75, 3.05) is 5.32 Å². The molecule has 0 spiro atoms. The molecule has 88 valence electrons. The van der Waals surface area contributed by atoms with Crippen molar-refractivity contribution in [3.63, 3.8) is 0 Å². The third-order valence-electron chi connectivity index (χ3n) is 1.75. The Labute approximate surface area is 104 Å². The van der Waals surface area contributed by atoms with E-state index in [-0.39, 0.29) is 4.91 Å². The van der Waals surface area contributed by atoms with E-state index in [1.54, 1.807) is 5.38 Å². The second kappa shape index (κ2) is 4.68. The van der Waals surface area contributed by atoms with Crippen molar-refractivity contribution in [3.8, 4) is 0 Å². The third kappa shape index (κ3) is 2.92. The van der Waals surface area contributed by atoms with Gasteiger partial charge < -0.3 is 0 Å². The van der Waals surface area contributed by atoms with Crippen LogP contribution in [0, 0.1) is 6.92 Å². The number of nitrogens with one attached hydrogen (secondary N) is 2. The Kier molecular flexibility index (Phi) is 3.25. The second-order valence-corrected chi connectivity index (χ2v) is 5.01. The lowest BCUT2D eigenvalue weighted by atomic mass is 10.4. The van der Waals surface area contributed by atoms with Crippen molar-refractivity contribution < 1.29 is 14.4 Å². The van der Waals surface area contributed by atoms with Crippen LogP contribution in [0.15, 0.2) is 16.4 Å². The average Bonchev–Trinajstić information content (AvgIpc) is 2.74. The highest BCUT2D eigenvalue weighted by Gasteiger charge is 2.25. The van der Waals surface area contributed by atoms with E-state index in [1.165, 1.54) is 11.3 Å². The first-order valence-electron chi connectivity index (χ1n) is 4.52. The van der Waals surface area contributed by atoms with Crippen LogP contribution in [0.2, 0.25) is 0 Å². The predicted molar refractivity (Wildman–Crippen MR) is 64.7 cm³/mol. The van der Waals surface area contributed by atoms with E-state index in [1.807, 2.05) is 6.92 Å². The van der Waals surface area contributed by atoms with E-state index in [4.69, 9.17) is 0 Å². The molecule has 1 aliphatic rings. The quantitative estimate of drug-likeness (QED) is 0.789. The fourth-order valence-electron chi connectivity index (χ4n) is 1.09. The fraction of sp³-hybridized carbons (Fsp3) is 0.111. The molecule has 6 nitrogen and oxygen atoms in total. The molecule has 1 aromatic rings. The Morgan fingerprint density at radius 3 is 2.82 bits per heavy atom. The largest absolute Gasteiger partial charge is 0.298 e. The van der Waals surface area contributed by atoms with Crippen LogP contribution in [-0.4, -0.2) is 22.0 Å². The number of thioether (sulfide) groups is 1. The maximum Gasteiger partial charge on any atom is 0.290 e. The number of rotatable bonds is 2. The molecule has 3 amide bonds. The smallest absolute Gasteiger partial charge is 0.290 e. The van der Waals surface area contributed by atoms with Gasteiger partial charge in [0.15, 0.2) is 5.13 Å². The fourth-order valence-corrected chi connectivity index (χ4v) is 2.44. The lowest BCUT2D eigenvalue weighted by Crippen LogP contribution is -2.18. The SMILES string of the molecule is Cc1csc(NC(=O)/C=C2\SC(=O)NC2=O)n1. The molecule has 0 atom stereocenters. The molecule has 0 aromatic carbocycles. The summed E-state index contributed by atoms with van der Waals surface area (Å²) < 4.78 is 0. The van der Waals surface area contributed by atoms with Crippen LogP contribution in [0.4, 0.5) is 9.93 Å². The van der Waals surface area contributed by atoms with Crippen molar-refractivity contribution >= 4 is 45.3 Å². The Bertz CT molecular complexity index is 535. The minimum atomic E-state index is -0.550. The zero-order chi connectivity index (χ0) is 12.4. The summed E-state index contributed by atoms with van der Waals surface area (Å²) in [4.78, 5) is 37.6. The summed E-state index contributed by atoms with van der Waals surface area (Å²) in [6.07, 6.45) is 1.08. The summed E-state index contributed by atoms with van der Waals surface area (Å²) in [5.74, 6) is -1.03. The number of thiazole rings is 1. The number of aromatic nitrogens is 1. The number of carbonyl (C=O) groups excluding carboxylic acids is 3.